The number of nitrogens with one attached hydrogen (secondary N) is 1. The molecular weight excluding hydrogens is 350 g/mol. The second kappa shape index (κ2) is 8.48. The number of carbonyl (C=O) groups is 3. The average Bonchev–Trinajstić information content (AvgIpc) is 2.56. The number of pyridine rings is 1. The summed E-state index contributed by atoms with van der Waals surface area (Å²) in [4.78, 5) is 41.3. The van der Waals surface area contributed by atoms with Crippen LogP contribution in [0.5, 0.6) is 0 Å². The fourth-order valence-corrected chi connectivity index (χ4v) is 2.40. The van der Waals surface area contributed by atoms with Crippen LogP contribution in [0, 0.1) is 0 Å². The first kappa shape index (κ1) is 18.7. The van der Waals surface area contributed by atoms with Gasteiger partial charge in [-0.2, -0.15) is 0 Å². The maximum atomic E-state index is 12.6. The summed E-state index contributed by atoms with van der Waals surface area (Å²) in [6, 6.07) is 2.93. The highest BCUT2D eigenvalue weighted by Gasteiger charge is 2.31. The Kier molecular flexibility index (Phi) is 6.35. The summed E-state index contributed by atoms with van der Waals surface area (Å²) >= 11 is 5.93. The topological polar surface area (TPSA) is 97.8 Å². The number of esters is 1. The second-order valence-corrected chi connectivity index (χ2v) is 5.55. The molecule has 0 aromatic carbocycles. The van der Waals surface area contributed by atoms with Crippen LogP contribution in [0.1, 0.15) is 17.3 Å². The molecule has 0 atom stereocenters. The van der Waals surface area contributed by atoms with E-state index in [4.69, 9.17) is 16.3 Å². The molecule has 2 heterocycles. The van der Waals surface area contributed by atoms with E-state index >= 15 is 0 Å². The lowest BCUT2D eigenvalue weighted by Crippen LogP contribution is -2.58. The van der Waals surface area contributed by atoms with Crippen LogP contribution in [0.15, 0.2) is 30.1 Å². The number of aromatic nitrogens is 1. The van der Waals surface area contributed by atoms with Crippen molar-refractivity contribution in [2.45, 2.75) is 13.0 Å². The zero-order valence-corrected chi connectivity index (χ0v) is 14.6. The Hall–Kier alpha value is -2.61. The second-order valence-electron chi connectivity index (χ2n) is 5.19. The van der Waals surface area contributed by atoms with E-state index in [1.54, 1.807) is 13.0 Å². The smallest absolute Gasteiger partial charge is 0.409 e. The van der Waals surface area contributed by atoms with Crippen LogP contribution in [-0.2, 0) is 14.3 Å². The Morgan fingerprint density at radius 2 is 2.16 bits per heavy atom. The van der Waals surface area contributed by atoms with Gasteiger partial charge in [0, 0.05) is 25.5 Å². The Morgan fingerprint density at radius 3 is 2.76 bits per heavy atom. The van der Waals surface area contributed by atoms with Gasteiger partial charge >= 0.3 is 12.1 Å². The molecule has 1 saturated heterocycles. The summed E-state index contributed by atoms with van der Waals surface area (Å²) in [6.45, 7) is 2.58. The quantitative estimate of drug-likeness (QED) is 0.203. The highest BCUT2D eigenvalue weighted by atomic mass is 35.5. The SMILES string of the molecule is CCOC(=O)/C(=C/NC1CN(C(=O)OC)C1)C(=O)c1cccnc1Cl. The first-order chi connectivity index (χ1) is 12.0. The van der Waals surface area contributed by atoms with E-state index in [1.807, 2.05) is 0 Å². The monoisotopic (exact) mass is 367 g/mol. The summed E-state index contributed by atoms with van der Waals surface area (Å²) in [7, 11) is 1.30. The van der Waals surface area contributed by atoms with Crippen molar-refractivity contribution in [3.63, 3.8) is 0 Å². The van der Waals surface area contributed by atoms with Crippen LogP contribution < -0.4 is 5.32 Å². The van der Waals surface area contributed by atoms with Crippen LogP contribution in [0.2, 0.25) is 5.15 Å². The summed E-state index contributed by atoms with van der Waals surface area (Å²) < 4.78 is 9.53. The zero-order chi connectivity index (χ0) is 18.4. The van der Waals surface area contributed by atoms with Gasteiger partial charge in [0.15, 0.2) is 0 Å². The van der Waals surface area contributed by atoms with E-state index in [1.165, 1.54) is 30.5 Å². The number of ketones is 1. The summed E-state index contributed by atoms with van der Waals surface area (Å²) in [6.07, 6.45) is 2.31. The van der Waals surface area contributed by atoms with Gasteiger partial charge in [-0.25, -0.2) is 14.6 Å². The Balaban J connectivity index is 2.11. The van der Waals surface area contributed by atoms with Gasteiger partial charge in [0.05, 0.1) is 25.3 Å². The van der Waals surface area contributed by atoms with Crippen molar-refractivity contribution in [2.75, 3.05) is 26.8 Å². The number of amides is 1. The highest BCUT2D eigenvalue weighted by molar-refractivity contribution is 6.35. The van der Waals surface area contributed by atoms with E-state index in [0.717, 1.165) is 0 Å². The standard InChI is InChI=1S/C16H18ClN3O5/c1-3-25-15(22)12(13(21)11-5-4-6-18-14(11)17)7-19-10-8-20(9-10)16(23)24-2/h4-7,10,19H,3,8-9H2,1-2H3/b12-7+. The third-order valence-electron chi connectivity index (χ3n) is 3.52. The minimum Gasteiger partial charge on any atom is -0.462 e. The van der Waals surface area contributed by atoms with Gasteiger partial charge in [0.2, 0.25) is 5.78 Å². The third kappa shape index (κ3) is 4.48. The number of hydrogen-bond donors (Lipinski definition) is 1. The van der Waals surface area contributed by atoms with Gasteiger partial charge < -0.3 is 19.7 Å². The Bertz CT molecular complexity index is 701. The van der Waals surface area contributed by atoms with Gasteiger partial charge in [-0.05, 0) is 19.1 Å². The minimum absolute atomic E-state index is 0.00297. The molecule has 0 radical (unpaired) electrons. The number of likely N-dealkylation sites (tertiary alicyclic amines) is 1. The molecule has 1 N–H and O–H groups in total. The summed E-state index contributed by atoms with van der Waals surface area (Å²) in [5.74, 6) is -1.35. The Labute approximate surface area is 149 Å². The van der Waals surface area contributed by atoms with E-state index in [9.17, 15) is 14.4 Å². The van der Waals surface area contributed by atoms with Gasteiger partial charge in [0.1, 0.15) is 10.7 Å². The normalized spacial score (nSPS) is 14.5. The van der Waals surface area contributed by atoms with E-state index < -0.39 is 17.8 Å². The van der Waals surface area contributed by atoms with E-state index in [0.29, 0.717) is 13.1 Å². The predicted molar refractivity (Wildman–Crippen MR) is 89.2 cm³/mol. The Morgan fingerprint density at radius 1 is 1.44 bits per heavy atom. The number of Topliss-reactive ketones (excluding diaryl/α,β-unsaturated/α-hetero) is 1. The molecule has 0 saturated carbocycles. The predicted octanol–water partition coefficient (Wildman–Crippen LogP) is 1.40. The third-order valence-corrected chi connectivity index (χ3v) is 3.82. The van der Waals surface area contributed by atoms with Crippen molar-refractivity contribution in [1.29, 1.82) is 0 Å². The number of carbonyl (C=O) groups excluding carboxylic acids is 3. The molecule has 9 heteroatoms. The van der Waals surface area contributed by atoms with Crippen LogP contribution in [0.4, 0.5) is 4.79 Å². The molecule has 1 aromatic rings. The van der Waals surface area contributed by atoms with Gasteiger partial charge in [-0.15, -0.1) is 0 Å². The maximum absolute atomic E-state index is 12.6. The number of hydrogen-bond acceptors (Lipinski definition) is 7. The highest BCUT2D eigenvalue weighted by Crippen LogP contribution is 2.17. The maximum Gasteiger partial charge on any atom is 0.409 e. The molecule has 1 aromatic heterocycles. The fraction of sp³-hybridized carbons (Fsp3) is 0.375. The summed E-state index contributed by atoms with van der Waals surface area (Å²) in [5.41, 5.74) is -0.0802. The number of nitrogens with zero attached hydrogens (tertiary/aromatic N) is 2. The molecule has 0 spiro atoms. The first-order valence-corrected chi connectivity index (χ1v) is 7.97. The number of halogens is 1. The van der Waals surface area contributed by atoms with Crippen molar-refractivity contribution in [3.8, 4) is 0 Å². The lowest BCUT2D eigenvalue weighted by atomic mass is 10.1. The van der Waals surface area contributed by atoms with Crippen molar-refractivity contribution >= 4 is 29.4 Å². The molecule has 0 aliphatic carbocycles. The van der Waals surface area contributed by atoms with Gasteiger partial charge in [-0.1, -0.05) is 11.6 Å². The van der Waals surface area contributed by atoms with Crippen LogP contribution >= 0.6 is 11.6 Å². The average molecular weight is 368 g/mol. The van der Waals surface area contributed by atoms with E-state index in [-0.39, 0.29) is 28.9 Å². The molecule has 1 amide bonds. The fourth-order valence-electron chi connectivity index (χ4n) is 2.19. The number of rotatable bonds is 6. The van der Waals surface area contributed by atoms with Crippen molar-refractivity contribution in [3.05, 3.63) is 40.8 Å². The van der Waals surface area contributed by atoms with Crippen LogP contribution in [0.25, 0.3) is 0 Å². The van der Waals surface area contributed by atoms with Crippen molar-refractivity contribution in [1.82, 2.24) is 15.2 Å². The molecule has 0 unspecified atom stereocenters. The molecule has 2 rings (SSSR count). The van der Waals surface area contributed by atoms with Crippen molar-refractivity contribution < 1.29 is 23.9 Å². The van der Waals surface area contributed by atoms with Crippen molar-refractivity contribution in [2.24, 2.45) is 0 Å². The molecule has 8 nitrogen and oxygen atoms in total. The number of ether oxygens (including phenoxy) is 2. The molecule has 0 bridgehead atoms. The van der Waals surface area contributed by atoms with Crippen LogP contribution in [-0.4, -0.2) is 60.6 Å². The molecule has 134 valence electrons. The molecular formula is C16H18ClN3O5. The lowest BCUT2D eigenvalue weighted by molar-refractivity contribution is -0.138. The van der Waals surface area contributed by atoms with Gasteiger partial charge in [-0.3, -0.25) is 4.79 Å². The molecule has 25 heavy (non-hydrogen) atoms. The van der Waals surface area contributed by atoms with Gasteiger partial charge in [0.25, 0.3) is 0 Å². The van der Waals surface area contributed by atoms with E-state index in [2.05, 4.69) is 15.0 Å². The zero-order valence-electron chi connectivity index (χ0n) is 13.8. The largest absolute Gasteiger partial charge is 0.462 e. The molecule has 1 aliphatic heterocycles. The number of methoxy groups -OCH3 is 1. The minimum atomic E-state index is -0.760. The van der Waals surface area contributed by atoms with Crippen LogP contribution in [0.3, 0.4) is 0 Å². The molecule has 1 fully saturated rings. The summed E-state index contributed by atoms with van der Waals surface area (Å²) in [5, 5.41) is 2.94. The molecule has 1 aliphatic rings. The lowest BCUT2D eigenvalue weighted by Gasteiger charge is -2.38. The first-order valence-electron chi connectivity index (χ1n) is 7.59.